The first-order valence-electron chi connectivity index (χ1n) is 7.44. The molecule has 0 spiro atoms. The zero-order chi connectivity index (χ0) is 17.3. The van der Waals surface area contributed by atoms with Gasteiger partial charge >= 0.3 is 18.3 Å². The van der Waals surface area contributed by atoms with Gasteiger partial charge in [0.2, 0.25) is 0 Å². The van der Waals surface area contributed by atoms with Crippen LogP contribution in [0.3, 0.4) is 0 Å². The molecule has 0 bridgehead atoms. The fraction of sp³-hybridized carbons (Fsp3) is 0.857. The largest absolute Gasteiger partial charge is 0.500 e. The van der Waals surface area contributed by atoms with Crippen LogP contribution in [0.2, 0.25) is 6.04 Å². The maximum Gasteiger partial charge on any atom is 0.500 e. The second-order valence-corrected chi connectivity index (χ2v) is 9.62. The number of unbranched alkanes of at least 4 members (excludes halogenated alkanes) is 4. The van der Waals surface area contributed by atoms with Crippen LogP contribution >= 0.6 is 0 Å². The van der Waals surface area contributed by atoms with E-state index in [1.165, 1.54) is 19.3 Å². The summed E-state index contributed by atoms with van der Waals surface area (Å²) in [7, 11) is 5.73. The summed E-state index contributed by atoms with van der Waals surface area (Å²) < 4.78 is 30.3. The number of rotatable bonds is 13. The lowest BCUT2D eigenvalue weighted by Gasteiger charge is -2.24. The third-order valence-corrected chi connectivity index (χ3v) is 7.14. The molecule has 0 aliphatic rings. The Morgan fingerprint density at radius 3 is 1.55 bits per heavy atom. The molecule has 22 heavy (non-hydrogen) atoms. The summed E-state index contributed by atoms with van der Waals surface area (Å²) in [6.07, 6.45) is 7.87. The average Bonchev–Trinajstić information content (AvgIpc) is 2.57. The molecule has 134 valence electrons. The monoisotopic (exact) mass is 354 g/mol. The van der Waals surface area contributed by atoms with Gasteiger partial charge in [-0.25, -0.2) is 0 Å². The van der Waals surface area contributed by atoms with Crippen molar-refractivity contribution in [3.8, 4) is 0 Å². The van der Waals surface area contributed by atoms with Gasteiger partial charge < -0.3 is 26.6 Å². The number of hydrogen-bond acceptors (Lipinski definition) is 6. The highest BCUT2D eigenvalue weighted by molar-refractivity contribution is 6.60. The Kier molecular flexibility index (Phi) is 19.0. The molecular weight excluding hydrogens is 320 g/mol. The van der Waals surface area contributed by atoms with E-state index in [9.17, 15) is 0 Å². The smallest absolute Gasteiger partial charge is 0.379 e. The minimum atomic E-state index is -2.31. The van der Waals surface area contributed by atoms with Gasteiger partial charge in [-0.3, -0.25) is 0 Å². The van der Waals surface area contributed by atoms with E-state index in [1.54, 1.807) is 42.7 Å². The standard InChI is InChI=1S/C11H24O3Si.C3H10O3Si/c1-5-6-7-8-9-10-11-15(12-2,13-3)14-4;1-4-7(5-2)6-3/h5H,1,6-11H2,2-4H3;7H,1-3H3. The predicted molar refractivity (Wildman–Crippen MR) is 93.0 cm³/mol. The molecule has 0 aliphatic carbocycles. The number of allylic oxidation sites excluding steroid dienone is 1. The third-order valence-electron chi connectivity index (χ3n) is 3.15. The van der Waals surface area contributed by atoms with Crippen LogP contribution in [0.15, 0.2) is 12.7 Å². The third kappa shape index (κ3) is 12.5. The highest BCUT2D eigenvalue weighted by Gasteiger charge is 2.36. The lowest BCUT2D eigenvalue weighted by Crippen LogP contribution is -2.42. The highest BCUT2D eigenvalue weighted by Crippen LogP contribution is 2.17. The molecule has 0 aromatic carbocycles. The van der Waals surface area contributed by atoms with Gasteiger partial charge in [-0.05, 0) is 19.3 Å². The Bertz CT molecular complexity index is 222. The Labute approximate surface area is 139 Å². The molecule has 8 heteroatoms. The zero-order valence-electron chi connectivity index (χ0n) is 15.1. The topological polar surface area (TPSA) is 55.4 Å². The van der Waals surface area contributed by atoms with Gasteiger partial charge in [-0.2, -0.15) is 0 Å². The van der Waals surface area contributed by atoms with Crippen molar-refractivity contribution in [1.29, 1.82) is 0 Å². The molecule has 0 rings (SSSR count). The van der Waals surface area contributed by atoms with Crippen LogP contribution in [-0.2, 0) is 26.6 Å². The molecule has 0 saturated heterocycles. The molecule has 0 aromatic rings. The summed E-state index contributed by atoms with van der Waals surface area (Å²) in [6, 6.07) is 0.907. The van der Waals surface area contributed by atoms with Gasteiger partial charge in [0.25, 0.3) is 0 Å². The minimum Gasteiger partial charge on any atom is -0.379 e. The Hall–Kier alpha value is -0.0662. The lowest BCUT2D eigenvalue weighted by atomic mass is 10.1. The zero-order valence-corrected chi connectivity index (χ0v) is 17.2. The van der Waals surface area contributed by atoms with Crippen LogP contribution in [0.1, 0.15) is 32.1 Å². The molecular formula is C14H34O6Si2. The van der Waals surface area contributed by atoms with E-state index in [0.29, 0.717) is 0 Å². The van der Waals surface area contributed by atoms with E-state index in [0.717, 1.165) is 18.9 Å². The Balaban J connectivity index is 0. The van der Waals surface area contributed by atoms with Gasteiger partial charge in [0, 0.05) is 48.7 Å². The van der Waals surface area contributed by atoms with Gasteiger partial charge in [-0.1, -0.05) is 18.9 Å². The molecule has 6 nitrogen and oxygen atoms in total. The first kappa shape index (κ1) is 24.2. The fourth-order valence-corrected chi connectivity index (χ4v) is 4.20. The van der Waals surface area contributed by atoms with Gasteiger partial charge in [0.05, 0.1) is 0 Å². The molecule has 0 amide bonds. The maximum absolute atomic E-state index is 5.34. The fourth-order valence-electron chi connectivity index (χ4n) is 1.83. The molecule has 0 aromatic heterocycles. The van der Waals surface area contributed by atoms with E-state index in [4.69, 9.17) is 26.6 Å². The van der Waals surface area contributed by atoms with Crippen LogP contribution in [0.4, 0.5) is 0 Å². The molecule has 0 saturated carbocycles. The SMILES string of the molecule is C=CCCCCCC[Si](OC)(OC)OC.CO[SiH](OC)OC. The van der Waals surface area contributed by atoms with E-state index < -0.39 is 18.3 Å². The second kappa shape index (κ2) is 17.3. The highest BCUT2D eigenvalue weighted by atomic mass is 28.4. The quantitative estimate of drug-likeness (QED) is 0.288. The first-order valence-corrected chi connectivity index (χ1v) is 10.8. The minimum absolute atomic E-state index is 0.907. The lowest BCUT2D eigenvalue weighted by molar-refractivity contribution is 0.122. The van der Waals surface area contributed by atoms with E-state index >= 15 is 0 Å². The van der Waals surface area contributed by atoms with Crippen molar-refractivity contribution in [1.82, 2.24) is 0 Å². The van der Waals surface area contributed by atoms with Crippen LogP contribution in [-0.4, -0.2) is 61.0 Å². The van der Waals surface area contributed by atoms with Gasteiger partial charge in [-0.15, -0.1) is 6.58 Å². The van der Waals surface area contributed by atoms with Crippen molar-refractivity contribution in [2.75, 3.05) is 42.7 Å². The van der Waals surface area contributed by atoms with Crippen molar-refractivity contribution in [3.63, 3.8) is 0 Å². The van der Waals surface area contributed by atoms with E-state index in [-0.39, 0.29) is 0 Å². The average molecular weight is 355 g/mol. The summed E-state index contributed by atoms with van der Waals surface area (Å²) in [5.41, 5.74) is 0. The summed E-state index contributed by atoms with van der Waals surface area (Å²) in [4.78, 5) is 0. The summed E-state index contributed by atoms with van der Waals surface area (Å²) in [5, 5.41) is 0. The summed E-state index contributed by atoms with van der Waals surface area (Å²) in [6.45, 7) is 3.70. The van der Waals surface area contributed by atoms with Crippen LogP contribution < -0.4 is 0 Å². The van der Waals surface area contributed by atoms with Crippen molar-refractivity contribution >= 4 is 18.3 Å². The second-order valence-electron chi connectivity index (χ2n) is 4.53. The van der Waals surface area contributed by atoms with Crippen molar-refractivity contribution in [2.24, 2.45) is 0 Å². The summed E-state index contributed by atoms with van der Waals surface area (Å²) >= 11 is 0. The Morgan fingerprint density at radius 2 is 1.23 bits per heavy atom. The Morgan fingerprint density at radius 1 is 0.773 bits per heavy atom. The van der Waals surface area contributed by atoms with Gasteiger partial charge in [0.15, 0.2) is 0 Å². The normalized spacial score (nSPS) is 11.2. The maximum atomic E-state index is 5.34. The predicted octanol–water partition coefficient (Wildman–Crippen LogP) is 2.64. The van der Waals surface area contributed by atoms with E-state index in [2.05, 4.69) is 6.58 Å². The molecule has 0 radical (unpaired) electrons. The molecule has 0 N–H and O–H groups in total. The first-order chi connectivity index (χ1) is 10.6. The molecule has 0 fully saturated rings. The van der Waals surface area contributed by atoms with Crippen LogP contribution in [0.5, 0.6) is 0 Å². The number of hydrogen-bond donors (Lipinski definition) is 0. The van der Waals surface area contributed by atoms with Crippen LogP contribution in [0.25, 0.3) is 0 Å². The molecule has 0 heterocycles. The van der Waals surface area contributed by atoms with Gasteiger partial charge in [0.1, 0.15) is 0 Å². The van der Waals surface area contributed by atoms with E-state index in [1.807, 2.05) is 6.08 Å². The molecule has 0 atom stereocenters. The summed E-state index contributed by atoms with van der Waals surface area (Å²) in [5.74, 6) is 0. The van der Waals surface area contributed by atoms with Crippen LogP contribution in [0, 0.1) is 0 Å². The molecule has 0 unspecified atom stereocenters. The molecule has 0 aliphatic heterocycles. The van der Waals surface area contributed by atoms with Crippen molar-refractivity contribution < 1.29 is 26.6 Å². The van der Waals surface area contributed by atoms with Crippen molar-refractivity contribution in [3.05, 3.63) is 12.7 Å². The van der Waals surface area contributed by atoms with Crippen molar-refractivity contribution in [2.45, 2.75) is 38.1 Å².